The lowest BCUT2D eigenvalue weighted by Gasteiger charge is -2.03. The number of allylic oxidation sites excluding steroid dienone is 2. The molecule has 0 aliphatic rings. The SMILES string of the molecule is Cc1nnc(NN=CC=Cc2ccccc2)nc1NN=CC=Cc1ccccc1. The number of aromatic nitrogens is 3. The summed E-state index contributed by atoms with van der Waals surface area (Å²) in [6.45, 7) is 1.80. The van der Waals surface area contributed by atoms with E-state index < -0.39 is 0 Å². The Balaban J connectivity index is 1.52. The van der Waals surface area contributed by atoms with Crippen molar-refractivity contribution < 1.29 is 0 Å². The Kier molecular flexibility index (Phi) is 7.37. The molecule has 0 amide bonds. The van der Waals surface area contributed by atoms with E-state index in [1.807, 2.05) is 85.0 Å². The van der Waals surface area contributed by atoms with Gasteiger partial charge in [0, 0.05) is 12.4 Å². The van der Waals surface area contributed by atoms with Crippen molar-refractivity contribution in [1.29, 1.82) is 0 Å². The molecule has 2 N–H and O–H groups in total. The highest BCUT2D eigenvalue weighted by molar-refractivity contribution is 5.79. The lowest BCUT2D eigenvalue weighted by Crippen LogP contribution is -2.04. The molecule has 7 heteroatoms. The number of nitrogens with one attached hydrogen (secondary N) is 2. The molecule has 0 atom stereocenters. The van der Waals surface area contributed by atoms with E-state index in [2.05, 4.69) is 36.2 Å². The van der Waals surface area contributed by atoms with Crippen molar-refractivity contribution in [2.24, 2.45) is 10.2 Å². The van der Waals surface area contributed by atoms with Crippen molar-refractivity contribution >= 4 is 36.3 Å². The minimum atomic E-state index is 0.275. The van der Waals surface area contributed by atoms with E-state index in [4.69, 9.17) is 0 Å². The first-order chi connectivity index (χ1) is 14.3. The normalized spacial score (nSPS) is 11.8. The summed E-state index contributed by atoms with van der Waals surface area (Å²) in [5, 5.41) is 16.2. The molecule has 0 saturated heterocycles. The monoisotopic (exact) mass is 383 g/mol. The van der Waals surface area contributed by atoms with Crippen LogP contribution in [0.15, 0.2) is 83.0 Å². The van der Waals surface area contributed by atoms with Crippen LogP contribution < -0.4 is 10.9 Å². The largest absolute Gasteiger partial charge is 0.265 e. The predicted octanol–water partition coefficient (Wildman–Crippen LogP) is 4.40. The summed E-state index contributed by atoms with van der Waals surface area (Å²) in [5.74, 6) is 0.777. The molecule has 1 aromatic heterocycles. The molecule has 0 fully saturated rings. The van der Waals surface area contributed by atoms with Gasteiger partial charge in [-0.2, -0.15) is 15.2 Å². The Labute approximate surface area is 169 Å². The van der Waals surface area contributed by atoms with Crippen LogP contribution in [0.3, 0.4) is 0 Å². The molecule has 3 rings (SSSR count). The highest BCUT2D eigenvalue weighted by atomic mass is 15.4. The topological polar surface area (TPSA) is 87.5 Å². The predicted molar refractivity (Wildman–Crippen MR) is 120 cm³/mol. The number of aryl methyl sites for hydroxylation is 1. The smallest absolute Gasteiger partial charge is 0.260 e. The third kappa shape index (κ3) is 6.84. The van der Waals surface area contributed by atoms with Gasteiger partial charge in [0.1, 0.15) is 5.69 Å². The standard InChI is InChI=1S/C22H21N7/c1-18-21(27-23-16-8-14-19-10-4-2-5-11-19)25-22(29-26-18)28-24-17-9-15-20-12-6-3-7-13-20/h2-17H,1H3,(H2,25,27,28,29). The van der Waals surface area contributed by atoms with Gasteiger partial charge in [-0.3, -0.25) is 5.43 Å². The minimum Gasteiger partial charge on any atom is -0.260 e. The van der Waals surface area contributed by atoms with Crippen molar-refractivity contribution in [3.8, 4) is 0 Å². The summed E-state index contributed by atoms with van der Waals surface area (Å²) >= 11 is 0. The molecular weight excluding hydrogens is 362 g/mol. The third-order valence-corrected chi connectivity index (χ3v) is 3.69. The van der Waals surface area contributed by atoms with Gasteiger partial charge in [0.25, 0.3) is 5.95 Å². The zero-order valence-electron chi connectivity index (χ0n) is 16.0. The first-order valence-electron chi connectivity index (χ1n) is 9.04. The Bertz CT molecular complexity index is 1010. The number of benzene rings is 2. The zero-order chi connectivity index (χ0) is 20.2. The first-order valence-corrected chi connectivity index (χ1v) is 9.04. The number of anilines is 2. The van der Waals surface area contributed by atoms with Crippen LogP contribution in [0.2, 0.25) is 0 Å². The van der Waals surface area contributed by atoms with Gasteiger partial charge in [0.15, 0.2) is 5.82 Å². The summed E-state index contributed by atoms with van der Waals surface area (Å²) in [5.41, 5.74) is 8.44. The molecule has 0 saturated carbocycles. The van der Waals surface area contributed by atoms with E-state index in [0.29, 0.717) is 11.5 Å². The summed E-state index contributed by atoms with van der Waals surface area (Å²) in [6, 6.07) is 19.9. The second-order valence-corrected chi connectivity index (χ2v) is 5.89. The quantitative estimate of drug-likeness (QED) is 0.445. The third-order valence-electron chi connectivity index (χ3n) is 3.69. The van der Waals surface area contributed by atoms with Crippen LogP contribution in [0, 0.1) is 6.92 Å². The molecule has 0 radical (unpaired) electrons. The number of rotatable bonds is 8. The van der Waals surface area contributed by atoms with E-state index >= 15 is 0 Å². The average molecular weight is 383 g/mol. The van der Waals surface area contributed by atoms with Crippen LogP contribution in [0.1, 0.15) is 16.8 Å². The Hall–Kier alpha value is -4.13. The van der Waals surface area contributed by atoms with Crippen molar-refractivity contribution in [3.63, 3.8) is 0 Å². The van der Waals surface area contributed by atoms with E-state index in [1.54, 1.807) is 19.4 Å². The first kappa shape index (κ1) is 19.6. The van der Waals surface area contributed by atoms with Gasteiger partial charge in [0.2, 0.25) is 0 Å². The van der Waals surface area contributed by atoms with Gasteiger partial charge in [-0.25, -0.2) is 5.43 Å². The molecule has 0 aliphatic heterocycles. The Morgan fingerprint density at radius 3 is 1.86 bits per heavy atom. The molecular formula is C22H21N7. The van der Waals surface area contributed by atoms with E-state index in [-0.39, 0.29) is 5.95 Å². The zero-order valence-corrected chi connectivity index (χ0v) is 16.0. The maximum atomic E-state index is 4.31. The minimum absolute atomic E-state index is 0.275. The fourth-order valence-electron chi connectivity index (χ4n) is 2.25. The second kappa shape index (κ2) is 10.9. The summed E-state index contributed by atoms with van der Waals surface area (Å²) < 4.78 is 0. The molecule has 1 heterocycles. The van der Waals surface area contributed by atoms with Crippen LogP contribution in [0.5, 0.6) is 0 Å². The number of hydrogen-bond donors (Lipinski definition) is 2. The van der Waals surface area contributed by atoms with Crippen LogP contribution >= 0.6 is 0 Å². The summed E-state index contributed by atoms with van der Waals surface area (Å²) in [6.07, 6.45) is 10.8. The van der Waals surface area contributed by atoms with Crippen LogP contribution in [-0.4, -0.2) is 27.6 Å². The Morgan fingerprint density at radius 2 is 1.28 bits per heavy atom. The van der Waals surface area contributed by atoms with Crippen molar-refractivity contribution in [2.75, 3.05) is 10.9 Å². The van der Waals surface area contributed by atoms with Gasteiger partial charge in [-0.1, -0.05) is 72.8 Å². The van der Waals surface area contributed by atoms with E-state index in [0.717, 1.165) is 11.1 Å². The maximum absolute atomic E-state index is 4.31. The second-order valence-electron chi connectivity index (χ2n) is 5.89. The molecule has 3 aromatic rings. The highest BCUT2D eigenvalue weighted by Crippen LogP contribution is 2.09. The van der Waals surface area contributed by atoms with Crippen molar-refractivity contribution in [2.45, 2.75) is 6.92 Å². The van der Waals surface area contributed by atoms with Crippen LogP contribution in [0.4, 0.5) is 11.8 Å². The fraction of sp³-hybridized carbons (Fsp3) is 0.0455. The van der Waals surface area contributed by atoms with Gasteiger partial charge in [0.05, 0.1) is 0 Å². The maximum Gasteiger partial charge on any atom is 0.265 e. The number of hydrazone groups is 2. The lowest BCUT2D eigenvalue weighted by atomic mass is 10.2. The average Bonchev–Trinajstić information content (AvgIpc) is 2.76. The van der Waals surface area contributed by atoms with Gasteiger partial charge in [-0.05, 0) is 30.2 Å². The van der Waals surface area contributed by atoms with Crippen molar-refractivity contribution in [3.05, 3.63) is 89.6 Å². The van der Waals surface area contributed by atoms with Gasteiger partial charge in [-0.15, -0.1) is 10.2 Å². The van der Waals surface area contributed by atoms with E-state index in [1.165, 1.54) is 0 Å². The molecule has 29 heavy (non-hydrogen) atoms. The van der Waals surface area contributed by atoms with Crippen LogP contribution in [-0.2, 0) is 0 Å². The summed E-state index contributed by atoms with van der Waals surface area (Å²) in [7, 11) is 0. The fourth-order valence-corrected chi connectivity index (χ4v) is 2.25. The van der Waals surface area contributed by atoms with Gasteiger partial charge >= 0.3 is 0 Å². The number of nitrogens with zero attached hydrogens (tertiary/aromatic N) is 5. The molecule has 0 bridgehead atoms. The lowest BCUT2D eigenvalue weighted by molar-refractivity contribution is 0.922. The molecule has 0 unspecified atom stereocenters. The van der Waals surface area contributed by atoms with Crippen molar-refractivity contribution in [1.82, 2.24) is 15.2 Å². The van der Waals surface area contributed by atoms with Gasteiger partial charge < -0.3 is 0 Å². The molecule has 0 aliphatic carbocycles. The van der Waals surface area contributed by atoms with Crippen LogP contribution in [0.25, 0.3) is 12.2 Å². The highest BCUT2D eigenvalue weighted by Gasteiger charge is 2.03. The molecule has 2 aromatic carbocycles. The van der Waals surface area contributed by atoms with E-state index in [9.17, 15) is 0 Å². The Morgan fingerprint density at radius 1 is 0.724 bits per heavy atom. The molecule has 7 nitrogen and oxygen atoms in total. The summed E-state index contributed by atoms with van der Waals surface area (Å²) in [4.78, 5) is 4.31. The molecule has 0 spiro atoms. The number of hydrogen-bond acceptors (Lipinski definition) is 7. The molecule has 144 valence electrons.